The van der Waals surface area contributed by atoms with E-state index in [1.165, 1.54) is 6.42 Å². The molecule has 0 saturated carbocycles. The Kier molecular flexibility index (Phi) is 3.72. The van der Waals surface area contributed by atoms with Crippen LogP contribution in [-0.2, 0) is 4.79 Å². The van der Waals surface area contributed by atoms with E-state index in [1.54, 1.807) is 0 Å². The van der Waals surface area contributed by atoms with Gasteiger partial charge in [0.15, 0.2) is 0 Å². The highest BCUT2D eigenvalue weighted by molar-refractivity contribution is 5.84. The van der Waals surface area contributed by atoms with Crippen molar-refractivity contribution < 1.29 is 4.79 Å². The van der Waals surface area contributed by atoms with E-state index < -0.39 is 0 Å². The number of nitrogens with one attached hydrogen (secondary N) is 1. The second kappa shape index (κ2) is 4.61. The van der Waals surface area contributed by atoms with Gasteiger partial charge < -0.3 is 10.2 Å². The monoisotopic (exact) mass is 184 g/mol. The maximum atomic E-state index is 11.4. The van der Waals surface area contributed by atoms with Gasteiger partial charge in [-0.05, 0) is 12.3 Å². The van der Waals surface area contributed by atoms with Gasteiger partial charge in [0.1, 0.15) is 0 Å². The molecule has 0 bridgehead atoms. The molecule has 1 N–H and O–H groups in total. The van der Waals surface area contributed by atoms with Crippen LogP contribution in [0.2, 0.25) is 0 Å². The molecule has 2 rings (SSSR count). The fourth-order valence-electron chi connectivity index (χ4n) is 1.59. The summed E-state index contributed by atoms with van der Waals surface area (Å²) in [6.45, 7) is 9.03. The molecule has 3 heteroatoms. The van der Waals surface area contributed by atoms with Crippen LogP contribution in [0.1, 0.15) is 27.2 Å². The summed E-state index contributed by atoms with van der Waals surface area (Å²) in [6, 6.07) is 0.167. The SMILES string of the molecule is CC.CC1CCN(C(=O)C2CN2)C1. The molecular formula is C10H20N2O. The van der Waals surface area contributed by atoms with Crippen LogP contribution in [0.3, 0.4) is 0 Å². The minimum Gasteiger partial charge on any atom is -0.341 e. The number of hydrogen-bond acceptors (Lipinski definition) is 2. The molecule has 0 aliphatic carbocycles. The van der Waals surface area contributed by atoms with Crippen molar-refractivity contribution in [2.45, 2.75) is 33.2 Å². The van der Waals surface area contributed by atoms with Gasteiger partial charge in [-0.15, -0.1) is 0 Å². The number of amides is 1. The zero-order valence-electron chi connectivity index (χ0n) is 8.84. The van der Waals surface area contributed by atoms with E-state index in [2.05, 4.69) is 12.2 Å². The van der Waals surface area contributed by atoms with Gasteiger partial charge in [-0.1, -0.05) is 20.8 Å². The first-order valence-corrected chi connectivity index (χ1v) is 5.29. The molecule has 13 heavy (non-hydrogen) atoms. The summed E-state index contributed by atoms with van der Waals surface area (Å²) in [5.41, 5.74) is 0. The van der Waals surface area contributed by atoms with Gasteiger partial charge in [0.05, 0.1) is 6.04 Å². The van der Waals surface area contributed by atoms with Gasteiger partial charge in [-0.3, -0.25) is 4.79 Å². The Morgan fingerprint density at radius 1 is 1.46 bits per heavy atom. The first-order valence-electron chi connectivity index (χ1n) is 5.29. The predicted molar refractivity (Wildman–Crippen MR) is 53.5 cm³/mol. The standard InChI is InChI=1S/C8H14N2O.C2H6/c1-6-2-3-10(5-6)8(11)7-4-9-7;1-2/h6-7,9H,2-5H2,1H3;1-2H3. The molecule has 0 spiro atoms. The van der Waals surface area contributed by atoms with Gasteiger partial charge >= 0.3 is 0 Å². The molecule has 0 aromatic heterocycles. The molecule has 1 amide bonds. The number of likely N-dealkylation sites (tertiary alicyclic amines) is 1. The lowest BCUT2D eigenvalue weighted by Crippen LogP contribution is -2.33. The molecule has 3 nitrogen and oxygen atoms in total. The molecule has 2 atom stereocenters. The van der Waals surface area contributed by atoms with Crippen LogP contribution < -0.4 is 5.32 Å². The van der Waals surface area contributed by atoms with Crippen molar-refractivity contribution in [2.24, 2.45) is 5.92 Å². The predicted octanol–water partition coefficient (Wildman–Crippen LogP) is 0.853. The van der Waals surface area contributed by atoms with Gasteiger partial charge in [0, 0.05) is 19.6 Å². The second-order valence-electron chi connectivity index (χ2n) is 3.64. The number of hydrogen-bond donors (Lipinski definition) is 1. The molecule has 76 valence electrons. The van der Waals surface area contributed by atoms with Crippen LogP contribution in [0.25, 0.3) is 0 Å². The van der Waals surface area contributed by atoms with Crippen LogP contribution in [0.4, 0.5) is 0 Å². The highest BCUT2D eigenvalue weighted by atomic mass is 16.2. The number of carbonyl (C=O) groups is 1. The third kappa shape index (κ3) is 2.69. The molecule has 0 aromatic carbocycles. The fraction of sp³-hybridized carbons (Fsp3) is 0.900. The first kappa shape index (κ1) is 10.5. The lowest BCUT2D eigenvalue weighted by molar-refractivity contribution is -0.129. The minimum absolute atomic E-state index is 0.167. The maximum absolute atomic E-state index is 11.4. The van der Waals surface area contributed by atoms with Gasteiger partial charge in [-0.25, -0.2) is 0 Å². The summed E-state index contributed by atoms with van der Waals surface area (Å²) in [5, 5.41) is 3.03. The highest BCUT2D eigenvalue weighted by Crippen LogP contribution is 2.17. The summed E-state index contributed by atoms with van der Waals surface area (Å²) in [7, 11) is 0. The largest absolute Gasteiger partial charge is 0.341 e. The summed E-state index contributed by atoms with van der Waals surface area (Å²) < 4.78 is 0. The van der Waals surface area contributed by atoms with Crippen molar-refractivity contribution in [3.05, 3.63) is 0 Å². The van der Waals surface area contributed by atoms with Crippen molar-refractivity contribution in [1.29, 1.82) is 0 Å². The van der Waals surface area contributed by atoms with Crippen LogP contribution >= 0.6 is 0 Å². The minimum atomic E-state index is 0.167. The zero-order chi connectivity index (χ0) is 9.84. The van der Waals surface area contributed by atoms with Gasteiger partial charge in [0.2, 0.25) is 5.91 Å². The normalized spacial score (nSPS) is 30.8. The van der Waals surface area contributed by atoms with E-state index in [-0.39, 0.29) is 6.04 Å². The Morgan fingerprint density at radius 3 is 2.46 bits per heavy atom. The Hall–Kier alpha value is -0.570. The van der Waals surface area contributed by atoms with E-state index >= 15 is 0 Å². The van der Waals surface area contributed by atoms with Gasteiger partial charge in [0.25, 0.3) is 0 Å². The van der Waals surface area contributed by atoms with E-state index in [1.807, 2.05) is 18.7 Å². The molecule has 2 heterocycles. The van der Waals surface area contributed by atoms with Gasteiger partial charge in [-0.2, -0.15) is 0 Å². The molecule has 0 aromatic rings. The van der Waals surface area contributed by atoms with E-state index in [4.69, 9.17) is 0 Å². The van der Waals surface area contributed by atoms with Crippen molar-refractivity contribution >= 4 is 5.91 Å². The number of nitrogens with zero attached hydrogens (tertiary/aromatic N) is 1. The second-order valence-corrected chi connectivity index (χ2v) is 3.64. The lowest BCUT2D eigenvalue weighted by atomic mass is 10.2. The Morgan fingerprint density at radius 2 is 2.08 bits per heavy atom. The molecule has 2 fully saturated rings. The number of rotatable bonds is 1. The zero-order valence-corrected chi connectivity index (χ0v) is 8.84. The Balaban J connectivity index is 0.000000396. The van der Waals surface area contributed by atoms with Crippen molar-refractivity contribution in [3.8, 4) is 0 Å². The number of carbonyl (C=O) groups excluding carboxylic acids is 1. The molecular weight excluding hydrogens is 164 g/mol. The highest BCUT2D eigenvalue weighted by Gasteiger charge is 2.35. The molecule has 2 unspecified atom stereocenters. The third-order valence-corrected chi connectivity index (χ3v) is 2.44. The fourth-order valence-corrected chi connectivity index (χ4v) is 1.59. The average molecular weight is 184 g/mol. The van der Waals surface area contributed by atoms with Crippen LogP contribution in [0.15, 0.2) is 0 Å². The van der Waals surface area contributed by atoms with E-state index in [0.29, 0.717) is 11.8 Å². The lowest BCUT2D eigenvalue weighted by Gasteiger charge is -2.14. The summed E-state index contributed by atoms with van der Waals surface area (Å²) in [6.07, 6.45) is 1.18. The molecule has 2 aliphatic rings. The van der Waals surface area contributed by atoms with E-state index in [9.17, 15) is 4.79 Å². The Labute approximate surface area is 80.5 Å². The smallest absolute Gasteiger partial charge is 0.241 e. The van der Waals surface area contributed by atoms with Crippen molar-refractivity contribution in [1.82, 2.24) is 10.2 Å². The molecule has 0 radical (unpaired) electrons. The van der Waals surface area contributed by atoms with Crippen molar-refractivity contribution in [2.75, 3.05) is 19.6 Å². The van der Waals surface area contributed by atoms with Crippen LogP contribution in [0, 0.1) is 5.92 Å². The topological polar surface area (TPSA) is 42.2 Å². The average Bonchev–Trinajstić information content (AvgIpc) is 2.92. The van der Waals surface area contributed by atoms with Crippen molar-refractivity contribution in [3.63, 3.8) is 0 Å². The first-order chi connectivity index (χ1) is 6.27. The van der Waals surface area contributed by atoms with Crippen LogP contribution in [0.5, 0.6) is 0 Å². The summed E-state index contributed by atoms with van der Waals surface area (Å²) in [4.78, 5) is 13.4. The Bertz CT molecular complexity index is 178. The molecule has 2 saturated heterocycles. The maximum Gasteiger partial charge on any atom is 0.241 e. The molecule has 2 aliphatic heterocycles. The van der Waals surface area contributed by atoms with E-state index in [0.717, 1.165) is 19.6 Å². The summed E-state index contributed by atoms with van der Waals surface area (Å²) in [5.74, 6) is 1.02. The van der Waals surface area contributed by atoms with Crippen LogP contribution in [-0.4, -0.2) is 36.5 Å². The quantitative estimate of drug-likeness (QED) is 0.614. The third-order valence-electron chi connectivity index (χ3n) is 2.44. The summed E-state index contributed by atoms with van der Waals surface area (Å²) >= 11 is 0.